The molecule has 0 aliphatic heterocycles. The van der Waals surface area contributed by atoms with Gasteiger partial charge in [0.05, 0.1) is 0 Å². The number of nitrogens with one attached hydrogen (secondary N) is 1. The fourth-order valence-electron chi connectivity index (χ4n) is 2.82. The summed E-state index contributed by atoms with van der Waals surface area (Å²) in [6.07, 6.45) is 5.52. The van der Waals surface area contributed by atoms with Crippen LogP contribution in [0.1, 0.15) is 39.0 Å². The first-order valence-corrected chi connectivity index (χ1v) is 8.91. The molecule has 0 amide bonds. The monoisotopic (exact) mass is 314 g/mol. The van der Waals surface area contributed by atoms with Crippen LogP contribution < -0.4 is 10.5 Å². The van der Waals surface area contributed by atoms with Gasteiger partial charge in [-0.1, -0.05) is 32.6 Å². The summed E-state index contributed by atoms with van der Waals surface area (Å²) in [4.78, 5) is -0.375. The van der Waals surface area contributed by atoms with Gasteiger partial charge in [-0.15, -0.1) is 0 Å². The third-order valence-electron chi connectivity index (χ3n) is 4.22. The average molecular weight is 314 g/mol. The van der Waals surface area contributed by atoms with E-state index in [1.807, 2.05) is 0 Å². The summed E-state index contributed by atoms with van der Waals surface area (Å²) in [7, 11) is -3.83. The minimum atomic E-state index is -3.83. The van der Waals surface area contributed by atoms with E-state index in [0.29, 0.717) is 12.5 Å². The number of rotatable bonds is 5. The van der Waals surface area contributed by atoms with Crippen molar-refractivity contribution in [3.63, 3.8) is 0 Å². The maximum Gasteiger partial charge on any atom is 0.243 e. The normalized spacial score (nSPS) is 23.1. The van der Waals surface area contributed by atoms with Crippen LogP contribution in [0.4, 0.5) is 10.1 Å². The van der Waals surface area contributed by atoms with Gasteiger partial charge in [-0.2, -0.15) is 0 Å². The molecule has 21 heavy (non-hydrogen) atoms. The van der Waals surface area contributed by atoms with Gasteiger partial charge in [-0.25, -0.2) is 17.5 Å². The summed E-state index contributed by atoms with van der Waals surface area (Å²) in [5.41, 5.74) is 5.76. The van der Waals surface area contributed by atoms with Crippen molar-refractivity contribution >= 4 is 15.7 Å². The van der Waals surface area contributed by atoms with Crippen LogP contribution in [-0.4, -0.2) is 15.0 Å². The van der Waals surface area contributed by atoms with Crippen LogP contribution in [0.5, 0.6) is 0 Å². The Bertz CT molecular complexity index is 581. The van der Waals surface area contributed by atoms with E-state index < -0.39 is 15.8 Å². The molecule has 6 heteroatoms. The van der Waals surface area contributed by atoms with E-state index >= 15 is 0 Å². The highest BCUT2D eigenvalue weighted by atomic mass is 32.2. The number of hydrogen-bond donors (Lipinski definition) is 2. The fraction of sp³-hybridized carbons (Fsp3) is 0.600. The first-order valence-electron chi connectivity index (χ1n) is 7.43. The molecule has 0 unspecified atom stereocenters. The van der Waals surface area contributed by atoms with Crippen LogP contribution >= 0.6 is 0 Å². The highest BCUT2D eigenvalue weighted by Crippen LogP contribution is 2.30. The minimum Gasteiger partial charge on any atom is -0.399 e. The first-order chi connectivity index (χ1) is 9.88. The summed E-state index contributed by atoms with van der Waals surface area (Å²) < 4.78 is 40.3. The number of anilines is 1. The number of sulfonamides is 1. The third kappa shape index (κ3) is 4.41. The number of hydrogen-bond acceptors (Lipinski definition) is 3. The van der Waals surface area contributed by atoms with Crippen molar-refractivity contribution in [1.82, 2.24) is 4.72 Å². The quantitative estimate of drug-likeness (QED) is 0.821. The van der Waals surface area contributed by atoms with Gasteiger partial charge in [0.2, 0.25) is 10.0 Å². The van der Waals surface area contributed by atoms with E-state index in [1.165, 1.54) is 18.9 Å². The van der Waals surface area contributed by atoms with Crippen molar-refractivity contribution in [2.45, 2.75) is 43.9 Å². The molecule has 3 N–H and O–H groups in total. The lowest BCUT2D eigenvalue weighted by Gasteiger charge is -2.26. The summed E-state index contributed by atoms with van der Waals surface area (Å²) in [6, 6.07) is 3.57. The summed E-state index contributed by atoms with van der Waals surface area (Å²) in [5, 5.41) is 0. The van der Waals surface area contributed by atoms with Gasteiger partial charge in [0.15, 0.2) is 0 Å². The number of halogens is 1. The maximum atomic E-state index is 13.6. The van der Waals surface area contributed by atoms with Gasteiger partial charge in [0, 0.05) is 12.2 Å². The summed E-state index contributed by atoms with van der Waals surface area (Å²) in [6.45, 7) is 2.59. The van der Waals surface area contributed by atoms with E-state index in [4.69, 9.17) is 5.73 Å². The SMILES string of the molecule is CC1CCC(CCNS(=O)(=O)c2cc(N)ccc2F)CC1. The van der Waals surface area contributed by atoms with Crippen molar-refractivity contribution in [2.75, 3.05) is 12.3 Å². The second kappa shape index (κ2) is 6.75. The van der Waals surface area contributed by atoms with Crippen molar-refractivity contribution in [3.8, 4) is 0 Å². The first kappa shape index (κ1) is 16.2. The Labute approximate surface area is 126 Å². The Hall–Kier alpha value is -1.14. The number of nitrogen functional groups attached to an aromatic ring is 1. The minimum absolute atomic E-state index is 0.234. The molecule has 0 atom stereocenters. The van der Waals surface area contributed by atoms with Crippen LogP contribution in [0, 0.1) is 17.7 Å². The zero-order valence-corrected chi connectivity index (χ0v) is 13.1. The standard InChI is InChI=1S/C15H23FN2O2S/c1-11-2-4-12(5-3-11)8-9-18-21(19,20)15-10-13(17)6-7-14(15)16/h6-7,10-12,18H,2-5,8-9,17H2,1H3. The van der Waals surface area contributed by atoms with E-state index in [1.54, 1.807) is 0 Å². The number of nitrogens with two attached hydrogens (primary N) is 1. The van der Waals surface area contributed by atoms with Crippen LogP contribution in [-0.2, 0) is 10.0 Å². The lowest BCUT2D eigenvalue weighted by atomic mass is 9.81. The molecule has 118 valence electrons. The molecule has 1 aliphatic rings. The lowest BCUT2D eigenvalue weighted by molar-refractivity contribution is 0.278. The average Bonchev–Trinajstić information content (AvgIpc) is 2.43. The zero-order valence-electron chi connectivity index (χ0n) is 12.3. The molecule has 0 spiro atoms. The molecule has 0 radical (unpaired) electrons. The smallest absolute Gasteiger partial charge is 0.243 e. The van der Waals surface area contributed by atoms with E-state index in [0.717, 1.165) is 37.3 Å². The molecule has 0 heterocycles. The van der Waals surface area contributed by atoms with Gasteiger partial charge < -0.3 is 5.73 Å². The molecular formula is C15H23FN2O2S. The van der Waals surface area contributed by atoms with Crippen molar-refractivity contribution in [2.24, 2.45) is 11.8 Å². The molecule has 1 aromatic carbocycles. The predicted octanol–water partition coefficient (Wildman–Crippen LogP) is 2.90. The largest absolute Gasteiger partial charge is 0.399 e. The molecule has 1 aliphatic carbocycles. The summed E-state index contributed by atoms with van der Waals surface area (Å²) >= 11 is 0. The molecule has 1 fully saturated rings. The molecule has 0 bridgehead atoms. The van der Waals surface area contributed by atoms with Crippen molar-refractivity contribution in [3.05, 3.63) is 24.0 Å². The molecule has 4 nitrogen and oxygen atoms in total. The zero-order chi connectivity index (χ0) is 15.5. The van der Waals surface area contributed by atoms with Gasteiger partial charge in [0.1, 0.15) is 10.7 Å². The Morgan fingerprint density at radius 3 is 2.62 bits per heavy atom. The van der Waals surface area contributed by atoms with E-state index in [-0.39, 0.29) is 10.6 Å². The molecule has 0 aromatic heterocycles. The Kier molecular flexibility index (Phi) is 5.22. The van der Waals surface area contributed by atoms with E-state index in [2.05, 4.69) is 11.6 Å². The molecular weight excluding hydrogens is 291 g/mol. The third-order valence-corrected chi connectivity index (χ3v) is 5.70. The predicted molar refractivity (Wildman–Crippen MR) is 81.7 cm³/mol. The van der Waals surface area contributed by atoms with Crippen molar-refractivity contribution < 1.29 is 12.8 Å². The lowest BCUT2D eigenvalue weighted by Crippen LogP contribution is -2.28. The molecule has 2 rings (SSSR count). The van der Waals surface area contributed by atoms with Crippen molar-refractivity contribution in [1.29, 1.82) is 0 Å². The summed E-state index contributed by atoms with van der Waals surface area (Å²) in [5.74, 6) is 0.567. The van der Waals surface area contributed by atoms with Crippen LogP contribution in [0.3, 0.4) is 0 Å². The van der Waals surface area contributed by atoms with Gasteiger partial charge >= 0.3 is 0 Å². The second-order valence-electron chi connectivity index (χ2n) is 6.00. The highest BCUT2D eigenvalue weighted by molar-refractivity contribution is 7.89. The second-order valence-corrected chi connectivity index (χ2v) is 7.74. The Morgan fingerprint density at radius 1 is 1.29 bits per heavy atom. The fourth-order valence-corrected chi connectivity index (χ4v) is 3.98. The topological polar surface area (TPSA) is 72.2 Å². The maximum absolute atomic E-state index is 13.6. The van der Waals surface area contributed by atoms with Gasteiger partial charge in [-0.3, -0.25) is 0 Å². The van der Waals surface area contributed by atoms with Gasteiger partial charge in [-0.05, 0) is 36.5 Å². The molecule has 1 saturated carbocycles. The number of benzene rings is 1. The van der Waals surface area contributed by atoms with Crippen LogP contribution in [0.15, 0.2) is 23.1 Å². The Morgan fingerprint density at radius 2 is 1.95 bits per heavy atom. The van der Waals surface area contributed by atoms with Gasteiger partial charge in [0.25, 0.3) is 0 Å². The highest BCUT2D eigenvalue weighted by Gasteiger charge is 2.21. The molecule has 0 saturated heterocycles. The Balaban J connectivity index is 1.91. The van der Waals surface area contributed by atoms with E-state index in [9.17, 15) is 12.8 Å². The van der Waals surface area contributed by atoms with Crippen LogP contribution in [0.25, 0.3) is 0 Å². The van der Waals surface area contributed by atoms with Crippen LogP contribution in [0.2, 0.25) is 0 Å². The molecule has 1 aromatic rings.